The molecule has 0 aliphatic carbocycles. The Bertz CT molecular complexity index is 1420. The highest BCUT2D eigenvalue weighted by Crippen LogP contribution is 2.19. The average molecular weight is 597 g/mol. The van der Waals surface area contributed by atoms with Gasteiger partial charge in [0, 0.05) is 35.1 Å². The van der Waals surface area contributed by atoms with Crippen molar-refractivity contribution in [3.63, 3.8) is 0 Å². The van der Waals surface area contributed by atoms with Crippen LogP contribution in [0.25, 0.3) is 10.9 Å². The van der Waals surface area contributed by atoms with Crippen molar-refractivity contribution in [2.45, 2.75) is 57.2 Å². The number of alkyl halides is 1. The number of hydrogen-bond acceptors (Lipinski definition) is 6. The van der Waals surface area contributed by atoms with Crippen LogP contribution in [-0.4, -0.2) is 64.9 Å². The molecular formula is C30H37ClN6O5. The Balaban J connectivity index is 1.77. The molecule has 0 bridgehead atoms. The van der Waals surface area contributed by atoms with Crippen molar-refractivity contribution in [1.82, 2.24) is 20.9 Å². The number of hydrogen-bond donors (Lipinski definition) is 6. The highest BCUT2D eigenvalue weighted by atomic mass is 35.5. The molecule has 0 aliphatic rings. The number of carbonyl (C=O) groups is 5. The third-order valence-electron chi connectivity index (χ3n) is 6.79. The molecule has 0 fully saturated rings. The van der Waals surface area contributed by atoms with Crippen molar-refractivity contribution in [3.05, 3.63) is 71.4 Å². The van der Waals surface area contributed by atoms with Crippen LogP contribution in [-0.2, 0) is 20.8 Å². The third-order valence-corrected chi connectivity index (χ3v) is 6.98. The number of fused-ring (bicyclic) bond motifs is 1. The predicted molar refractivity (Wildman–Crippen MR) is 161 cm³/mol. The highest BCUT2D eigenvalue weighted by molar-refractivity contribution is 6.18. The third kappa shape index (κ3) is 8.64. The van der Waals surface area contributed by atoms with E-state index >= 15 is 0 Å². The predicted octanol–water partition coefficient (Wildman–Crippen LogP) is 1.92. The van der Waals surface area contributed by atoms with Crippen LogP contribution in [0.5, 0.6) is 0 Å². The van der Waals surface area contributed by atoms with E-state index in [9.17, 15) is 24.0 Å². The number of nitrogens with two attached hydrogens (primary N) is 2. The topological polar surface area (TPSA) is 189 Å². The first-order valence-corrected chi connectivity index (χ1v) is 14.4. The van der Waals surface area contributed by atoms with Gasteiger partial charge >= 0.3 is 0 Å². The first kappa shape index (κ1) is 32.3. The molecule has 0 unspecified atom stereocenters. The number of amides is 4. The molecule has 0 saturated heterocycles. The molecule has 1 aromatic heterocycles. The quantitative estimate of drug-likeness (QED) is 0.108. The summed E-state index contributed by atoms with van der Waals surface area (Å²) in [5.74, 6) is -3.04. The van der Waals surface area contributed by atoms with Gasteiger partial charge < -0.3 is 32.4 Å². The van der Waals surface area contributed by atoms with Gasteiger partial charge in [-0.1, -0.05) is 56.2 Å². The standard InChI is InChI=1S/C30H37ClN6O5/c1-2-3-11-24(36-29(41)22(32)15-18-17-35-23-12-7-6-8-19(18)23)30(42)37-25(16-26(33)38)27(39)20-9-4-5-10-21(20)28(40)34-14-13-31/h4-10,12,17,22,24-25,35H,2-3,11,13-16,32H2,1H3,(H2,33,38)(H,34,40)(H,36,41)(H,37,42)/t22-,24-,25-/m0/s1. The molecule has 1 heterocycles. The van der Waals surface area contributed by atoms with Gasteiger partial charge in [-0.05, 0) is 30.5 Å². The van der Waals surface area contributed by atoms with Crippen molar-refractivity contribution in [1.29, 1.82) is 0 Å². The van der Waals surface area contributed by atoms with Crippen molar-refractivity contribution in [3.8, 4) is 0 Å². The van der Waals surface area contributed by atoms with Gasteiger partial charge in [-0.2, -0.15) is 0 Å². The monoisotopic (exact) mass is 596 g/mol. The Hall–Kier alpha value is -4.22. The lowest BCUT2D eigenvalue weighted by Crippen LogP contribution is -2.55. The second-order valence-corrected chi connectivity index (χ2v) is 10.3. The van der Waals surface area contributed by atoms with Gasteiger partial charge in [-0.3, -0.25) is 24.0 Å². The Morgan fingerprint density at radius 1 is 0.929 bits per heavy atom. The van der Waals surface area contributed by atoms with E-state index in [1.54, 1.807) is 18.3 Å². The largest absolute Gasteiger partial charge is 0.370 e. The maximum atomic E-state index is 13.5. The van der Waals surface area contributed by atoms with E-state index in [1.807, 2.05) is 31.2 Å². The van der Waals surface area contributed by atoms with Gasteiger partial charge in [-0.15, -0.1) is 11.6 Å². The summed E-state index contributed by atoms with van der Waals surface area (Å²) in [7, 11) is 0. The van der Waals surface area contributed by atoms with E-state index in [4.69, 9.17) is 23.1 Å². The zero-order valence-electron chi connectivity index (χ0n) is 23.5. The summed E-state index contributed by atoms with van der Waals surface area (Å²) in [6, 6.07) is 10.4. The van der Waals surface area contributed by atoms with Gasteiger partial charge in [0.1, 0.15) is 12.1 Å². The Kier molecular flexibility index (Phi) is 12.1. The fourth-order valence-electron chi connectivity index (χ4n) is 4.61. The number of aromatic amines is 1. The first-order chi connectivity index (χ1) is 20.2. The molecule has 4 amide bonds. The van der Waals surface area contributed by atoms with Gasteiger partial charge in [-0.25, -0.2) is 0 Å². The highest BCUT2D eigenvalue weighted by Gasteiger charge is 2.31. The average Bonchev–Trinajstić information content (AvgIpc) is 3.39. The summed E-state index contributed by atoms with van der Waals surface area (Å²) in [5.41, 5.74) is 13.5. The molecule has 0 radical (unpaired) electrons. The van der Waals surface area contributed by atoms with Crippen molar-refractivity contribution >= 4 is 51.9 Å². The molecule has 12 heteroatoms. The fourth-order valence-corrected chi connectivity index (χ4v) is 4.70. The molecule has 3 atom stereocenters. The molecule has 2 aromatic carbocycles. The van der Waals surface area contributed by atoms with Crippen LogP contribution in [0.3, 0.4) is 0 Å². The molecule has 3 aromatic rings. The number of halogens is 1. The van der Waals surface area contributed by atoms with E-state index in [-0.39, 0.29) is 36.4 Å². The summed E-state index contributed by atoms with van der Waals surface area (Å²) >= 11 is 5.66. The fraction of sp³-hybridized carbons (Fsp3) is 0.367. The number of nitrogens with one attached hydrogen (secondary N) is 4. The van der Waals surface area contributed by atoms with Gasteiger partial charge in [0.15, 0.2) is 5.78 Å². The molecule has 3 rings (SSSR count). The van der Waals surface area contributed by atoms with Gasteiger partial charge in [0.05, 0.1) is 18.0 Å². The minimum Gasteiger partial charge on any atom is -0.370 e. The molecule has 11 nitrogen and oxygen atoms in total. The van der Waals surface area contributed by atoms with Crippen LogP contribution in [0.15, 0.2) is 54.7 Å². The first-order valence-electron chi connectivity index (χ1n) is 13.8. The minimum atomic E-state index is -1.36. The molecular weight excluding hydrogens is 560 g/mol. The van der Waals surface area contributed by atoms with E-state index in [0.717, 1.165) is 22.9 Å². The van der Waals surface area contributed by atoms with Crippen LogP contribution >= 0.6 is 11.6 Å². The number of aromatic nitrogens is 1. The number of primary amides is 1. The van der Waals surface area contributed by atoms with Crippen LogP contribution in [0.2, 0.25) is 0 Å². The van der Waals surface area contributed by atoms with Crippen LogP contribution in [0.1, 0.15) is 58.9 Å². The Morgan fingerprint density at radius 2 is 1.60 bits per heavy atom. The lowest BCUT2D eigenvalue weighted by molar-refractivity contribution is -0.130. The van der Waals surface area contributed by atoms with Crippen LogP contribution < -0.4 is 27.4 Å². The second kappa shape index (κ2) is 15.7. The van der Waals surface area contributed by atoms with Gasteiger partial charge in [0.25, 0.3) is 5.91 Å². The number of rotatable bonds is 16. The Morgan fingerprint density at radius 3 is 2.29 bits per heavy atom. The summed E-state index contributed by atoms with van der Waals surface area (Å²) in [5, 5.41) is 8.84. The molecule has 0 aliphatic heterocycles. The van der Waals surface area contributed by atoms with Crippen LogP contribution in [0.4, 0.5) is 0 Å². The molecule has 42 heavy (non-hydrogen) atoms. The maximum Gasteiger partial charge on any atom is 0.252 e. The number of H-pyrrole nitrogens is 1. The number of carbonyl (C=O) groups excluding carboxylic acids is 5. The molecule has 8 N–H and O–H groups in total. The van der Waals surface area contributed by atoms with Crippen molar-refractivity contribution in [2.75, 3.05) is 12.4 Å². The zero-order valence-corrected chi connectivity index (χ0v) is 24.2. The van der Waals surface area contributed by atoms with Crippen molar-refractivity contribution in [2.24, 2.45) is 11.5 Å². The number of unbranched alkanes of at least 4 members (excludes halogenated alkanes) is 1. The lowest BCUT2D eigenvalue weighted by Gasteiger charge is -2.24. The zero-order chi connectivity index (χ0) is 30.6. The number of Topliss-reactive ketones (excluding diaryl/α,β-unsaturated/α-hetero) is 1. The van der Waals surface area contributed by atoms with E-state index in [2.05, 4.69) is 20.9 Å². The lowest BCUT2D eigenvalue weighted by atomic mass is 9.95. The Labute approximate surface area is 249 Å². The van der Waals surface area contributed by atoms with E-state index in [0.29, 0.717) is 6.42 Å². The minimum absolute atomic E-state index is 0.00557. The van der Waals surface area contributed by atoms with Crippen molar-refractivity contribution < 1.29 is 24.0 Å². The van der Waals surface area contributed by atoms with Gasteiger partial charge in [0.2, 0.25) is 17.7 Å². The summed E-state index contributed by atoms with van der Waals surface area (Å²) < 4.78 is 0. The van der Waals surface area contributed by atoms with E-state index in [1.165, 1.54) is 12.1 Å². The second-order valence-electron chi connectivity index (χ2n) is 9.96. The SMILES string of the molecule is CCCC[C@H](NC(=O)[C@@H](N)Cc1c[nH]c2ccccc12)C(=O)N[C@@H](CC(N)=O)C(=O)c1ccccc1C(=O)NCCCl. The number of para-hydroxylation sites is 1. The maximum absolute atomic E-state index is 13.5. The smallest absolute Gasteiger partial charge is 0.252 e. The van der Waals surface area contributed by atoms with E-state index < -0.39 is 54.0 Å². The molecule has 0 spiro atoms. The normalized spacial score (nSPS) is 13.1. The summed E-state index contributed by atoms with van der Waals surface area (Å²) in [4.78, 5) is 67.7. The summed E-state index contributed by atoms with van der Waals surface area (Å²) in [6.07, 6.45) is 3.17. The molecule has 0 saturated carbocycles. The number of ketones is 1. The summed E-state index contributed by atoms with van der Waals surface area (Å²) in [6.45, 7) is 2.12. The van der Waals surface area contributed by atoms with Crippen LogP contribution in [0, 0.1) is 0 Å². The number of benzene rings is 2. The molecule has 224 valence electrons.